The van der Waals surface area contributed by atoms with Gasteiger partial charge in [0.2, 0.25) is 0 Å². The van der Waals surface area contributed by atoms with Crippen molar-refractivity contribution in [2.24, 2.45) is 0 Å². The number of hydrogen-bond acceptors (Lipinski definition) is 3. The first kappa shape index (κ1) is 11.4. The fourth-order valence-corrected chi connectivity index (χ4v) is 2.61. The lowest BCUT2D eigenvalue weighted by Gasteiger charge is -2.23. The minimum Gasteiger partial charge on any atom is -0.317 e. The summed E-state index contributed by atoms with van der Waals surface area (Å²) in [6.07, 6.45) is 10.0. The van der Waals surface area contributed by atoms with E-state index in [1.165, 1.54) is 24.1 Å². The zero-order valence-corrected chi connectivity index (χ0v) is 10.6. The second-order valence-electron chi connectivity index (χ2n) is 4.93. The van der Waals surface area contributed by atoms with Crippen LogP contribution in [0.25, 0.3) is 5.69 Å². The van der Waals surface area contributed by atoms with E-state index in [0.717, 1.165) is 18.8 Å². The van der Waals surface area contributed by atoms with Gasteiger partial charge in [-0.05, 0) is 44.5 Å². The first-order valence-corrected chi connectivity index (χ1v) is 6.49. The van der Waals surface area contributed by atoms with E-state index >= 15 is 0 Å². The third-order valence-corrected chi connectivity index (χ3v) is 3.56. The Kier molecular flexibility index (Phi) is 3.11. The van der Waals surface area contributed by atoms with Crippen molar-refractivity contribution in [1.29, 1.82) is 0 Å². The molecule has 2 aromatic heterocycles. The lowest BCUT2D eigenvalue weighted by Crippen LogP contribution is -2.27. The van der Waals surface area contributed by atoms with Gasteiger partial charge in [-0.1, -0.05) is 0 Å². The Morgan fingerprint density at radius 2 is 2.00 bits per heavy atom. The average Bonchev–Trinajstić information content (AvgIpc) is 2.89. The summed E-state index contributed by atoms with van der Waals surface area (Å²) in [4.78, 5) is 8.58. The van der Waals surface area contributed by atoms with Gasteiger partial charge in [-0.2, -0.15) is 0 Å². The molecule has 0 saturated carbocycles. The Labute approximate surface area is 107 Å². The lowest BCUT2D eigenvalue weighted by molar-refractivity contribution is 0.449. The van der Waals surface area contributed by atoms with Gasteiger partial charge in [0.25, 0.3) is 0 Å². The Hall–Kier alpha value is -1.68. The fraction of sp³-hybridized carbons (Fsp3) is 0.429. The number of imidazole rings is 1. The Bertz CT molecular complexity index is 526. The molecule has 3 heterocycles. The number of aromatic nitrogens is 3. The standard InChI is InChI=1S/C14H18N4/c1-11-6-13(8-16-7-11)18-10-17-9-14(18)12-2-4-15-5-3-12/h6-10,12,15H,2-5H2,1H3. The molecule has 1 aliphatic heterocycles. The minimum absolute atomic E-state index is 0.606. The van der Waals surface area contributed by atoms with Gasteiger partial charge in [-0.25, -0.2) is 4.98 Å². The summed E-state index contributed by atoms with van der Waals surface area (Å²) in [6, 6.07) is 2.15. The molecular weight excluding hydrogens is 224 g/mol. The van der Waals surface area contributed by atoms with E-state index in [0.29, 0.717) is 5.92 Å². The predicted octanol–water partition coefficient (Wildman–Crippen LogP) is 2.04. The molecule has 1 saturated heterocycles. The van der Waals surface area contributed by atoms with Crippen LogP contribution in [-0.4, -0.2) is 27.6 Å². The van der Waals surface area contributed by atoms with Crippen LogP contribution in [-0.2, 0) is 0 Å². The first-order chi connectivity index (χ1) is 8.84. The highest BCUT2D eigenvalue weighted by atomic mass is 15.1. The summed E-state index contributed by atoms with van der Waals surface area (Å²) >= 11 is 0. The van der Waals surface area contributed by atoms with Crippen LogP contribution in [0.5, 0.6) is 0 Å². The predicted molar refractivity (Wildman–Crippen MR) is 70.9 cm³/mol. The molecule has 1 aliphatic rings. The molecule has 3 rings (SSSR count). The van der Waals surface area contributed by atoms with Crippen molar-refractivity contribution in [2.45, 2.75) is 25.7 Å². The van der Waals surface area contributed by atoms with E-state index in [9.17, 15) is 0 Å². The summed E-state index contributed by atoms with van der Waals surface area (Å²) in [5.41, 5.74) is 3.60. The third-order valence-electron chi connectivity index (χ3n) is 3.56. The van der Waals surface area contributed by atoms with Crippen molar-refractivity contribution in [3.63, 3.8) is 0 Å². The second kappa shape index (κ2) is 4.90. The summed E-state index contributed by atoms with van der Waals surface area (Å²) in [6.45, 7) is 4.27. The minimum atomic E-state index is 0.606. The topological polar surface area (TPSA) is 42.7 Å². The van der Waals surface area contributed by atoms with Gasteiger partial charge in [-0.15, -0.1) is 0 Å². The quantitative estimate of drug-likeness (QED) is 0.876. The van der Waals surface area contributed by atoms with Crippen molar-refractivity contribution in [2.75, 3.05) is 13.1 Å². The first-order valence-electron chi connectivity index (χ1n) is 6.49. The van der Waals surface area contributed by atoms with Crippen LogP contribution in [0.3, 0.4) is 0 Å². The van der Waals surface area contributed by atoms with E-state index in [1.807, 2.05) is 24.9 Å². The molecule has 1 N–H and O–H groups in total. The highest BCUT2D eigenvalue weighted by Crippen LogP contribution is 2.26. The van der Waals surface area contributed by atoms with Crippen molar-refractivity contribution < 1.29 is 0 Å². The van der Waals surface area contributed by atoms with Gasteiger partial charge < -0.3 is 9.88 Å². The SMILES string of the molecule is Cc1cncc(-n2cncc2C2CCNCC2)c1. The maximum Gasteiger partial charge on any atom is 0.0994 e. The zero-order chi connectivity index (χ0) is 12.4. The van der Waals surface area contributed by atoms with Gasteiger partial charge in [0.1, 0.15) is 0 Å². The highest BCUT2D eigenvalue weighted by molar-refractivity contribution is 5.34. The normalized spacial score (nSPS) is 16.9. The molecular formula is C14H18N4. The number of rotatable bonds is 2. The van der Waals surface area contributed by atoms with Crippen LogP contribution in [0.2, 0.25) is 0 Å². The molecule has 1 fully saturated rings. The van der Waals surface area contributed by atoms with E-state index in [-0.39, 0.29) is 0 Å². The maximum absolute atomic E-state index is 4.32. The van der Waals surface area contributed by atoms with Gasteiger partial charge >= 0.3 is 0 Å². The molecule has 94 valence electrons. The van der Waals surface area contributed by atoms with Crippen molar-refractivity contribution in [3.05, 3.63) is 42.2 Å². The lowest BCUT2D eigenvalue weighted by atomic mass is 9.95. The number of hydrogen-bond donors (Lipinski definition) is 1. The third kappa shape index (κ3) is 2.16. The van der Waals surface area contributed by atoms with Crippen LogP contribution in [0.1, 0.15) is 30.0 Å². The smallest absolute Gasteiger partial charge is 0.0994 e. The fourth-order valence-electron chi connectivity index (χ4n) is 2.61. The zero-order valence-electron chi connectivity index (χ0n) is 10.6. The largest absolute Gasteiger partial charge is 0.317 e. The van der Waals surface area contributed by atoms with Crippen LogP contribution in [0, 0.1) is 6.92 Å². The maximum atomic E-state index is 4.32. The number of nitrogens with zero attached hydrogens (tertiary/aromatic N) is 3. The monoisotopic (exact) mass is 242 g/mol. The van der Waals surface area contributed by atoms with Crippen molar-refractivity contribution in [3.8, 4) is 5.69 Å². The Morgan fingerprint density at radius 3 is 2.78 bits per heavy atom. The molecule has 4 heteroatoms. The number of aryl methyl sites for hydroxylation is 1. The van der Waals surface area contributed by atoms with Gasteiger partial charge in [0.05, 0.1) is 18.2 Å². The summed E-state index contributed by atoms with van der Waals surface area (Å²) in [5.74, 6) is 0.606. The van der Waals surface area contributed by atoms with Gasteiger partial charge in [-0.3, -0.25) is 4.98 Å². The highest BCUT2D eigenvalue weighted by Gasteiger charge is 2.19. The van der Waals surface area contributed by atoms with Crippen LogP contribution >= 0.6 is 0 Å². The van der Waals surface area contributed by atoms with E-state index in [2.05, 4.69) is 32.8 Å². The molecule has 0 amide bonds. The molecule has 0 spiro atoms. The summed E-state index contributed by atoms with van der Waals surface area (Å²) in [7, 11) is 0. The Morgan fingerprint density at radius 1 is 1.17 bits per heavy atom. The molecule has 2 aromatic rings. The molecule has 0 aromatic carbocycles. The number of nitrogens with one attached hydrogen (secondary N) is 1. The van der Waals surface area contributed by atoms with Crippen LogP contribution < -0.4 is 5.32 Å². The molecule has 0 radical (unpaired) electrons. The number of piperidine rings is 1. The van der Waals surface area contributed by atoms with E-state index in [4.69, 9.17) is 0 Å². The van der Waals surface area contributed by atoms with Crippen molar-refractivity contribution >= 4 is 0 Å². The molecule has 0 atom stereocenters. The molecule has 18 heavy (non-hydrogen) atoms. The molecule has 0 aliphatic carbocycles. The molecule has 4 nitrogen and oxygen atoms in total. The summed E-state index contributed by atoms with van der Waals surface area (Å²) < 4.78 is 2.18. The Balaban J connectivity index is 1.95. The summed E-state index contributed by atoms with van der Waals surface area (Å²) in [5, 5.41) is 3.40. The van der Waals surface area contributed by atoms with Crippen LogP contribution in [0.4, 0.5) is 0 Å². The molecule has 0 bridgehead atoms. The van der Waals surface area contributed by atoms with Crippen molar-refractivity contribution in [1.82, 2.24) is 19.9 Å². The van der Waals surface area contributed by atoms with Crippen LogP contribution in [0.15, 0.2) is 31.0 Å². The van der Waals surface area contributed by atoms with E-state index < -0.39 is 0 Å². The van der Waals surface area contributed by atoms with E-state index in [1.54, 1.807) is 0 Å². The van der Waals surface area contributed by atoms with Gasteiger partial charge in [0, 0.05) is 24.0 Å². The average molecular weight is 242 g/mol. The second-order valence-corrected chi connectivity index (χ2v) is 4.93. The molecule has 0 unspecified atom stereocenters. The number of pyridine rings is 1. The van der Waals surface area contributed by atoms with Gasteiger partial charge in [0.15, 0.2) is 0 Å².